The van der Waals surface area contributed by atoms with Crippen LogP contribution in [0.25, 0.3) is 5.76 Å². The number of nitrogens with zero attached hydrogens (tertiary/aromatic N) is 2. The van der Waals surface area contributed by atoms with Crippen LogP contribution in [0, 0.1) is 12.7 Å². The molecule has 1 aliphatic heterocycles. The van der Waals surface area contributed by atoms with Crippen LogP contribution in [0.1, 0.15) is 39.5 Å². The van der Waals surface area contributed by atoms with Crippen LogP contribution < -0.4 is 9.64 Å². The molecule has 2 heterocycles. The molecule has 3 aromatic rings. The average molecular weight is 497 g/mol. The lowest BCUT2D eigenvalue weighted by Crippen LogP contribution is -2.29. The molecule has 0 radical (unpaired) electrons. The van der Waals surface area contributed by atoms with Crippen molar-refractivity contribution in [2.75, 3.05) is 18.6 Å². The number of aliphatic hydroxyl groups excluding tert-OH is 1. The third kappa shape index (κ3) is 4.40. The number of ether oxygens (including phenoxy) is 2. The fourth-order valence-electron chi connectivity index (χ4n) is 3.77. The Morgan fingerprint density at radius 2 is 1.80 bits per heavy atom. The largest absolute Gasteiger partial charge is 0.507 e. The number of halogens is 1. The van der Waals surface area contributed by atoms with Crippen molar-refractivity contribution >= 4 is 39.9 Å². The first-order valence-corrected chi connectivity index (χ1v) is 11.4. The van der Waals surface area contributed by atoms with Gasteiger partial charge in [0.2, 0.25) is 0 Å². The zero-order valence-corrected chi connectivity index (χ0v) is 19.9. The second kappa shape index (κ2) is 9.67. The number of aromatic nitrogens is 1. The maximum Gasteiger partial charge on any atom is 0.350 e. The minimum absolute atomic E-state index is 0.103. The van der Waals surface area contributed by atoms with Crippen molar-refractivity contribution in [2.45, 2.75) is 19.9 Å². The second-order valence-electron chi connectivity index (χ2n) is 7.58. The Morgan fingerprint density at radius 3 is 2.40 bits per heavy atom. The summed E-state index contributed by atoms with van der Waals surface area (Å²) in [7, 11) is 1.50. The highest BCUT2D eigenvalue weighted by atomic mass is 32.1. The van der Waals surface area contributed by atoms with Crippen LogP contribution in [0.4, 0.5) is 9.52 Å². The number of Topliss-reactive ketones (excluding diaryl/α,β-unsaturated/α-hetero) is 1. The Hall–Kier alpha value is -4.05. The van der Waals surface area contributed by atoms with Gasteiger partial charge in [0.1, 0.15) is 22.2 Å². The van der Waals surface area contributed by atoms with E-state index < -0.39 is 35.3 Å². The van der Waals surface area contributed by atoms with Crippen LogP contribution in [-0.4, -0.2) is 41.5 Å². The highest BCUT2D eigenvalue weighted by Crippen LogP contribution is 2.44. The SMILES string of the molecule is CCOC(=O)c1sc(N2C(=O)C(=O)/C(=C(/O)c3ccc(F)cc3)[C@H]2c2ccc(OC)cc2)nc1C. The molecule has 0 saturated carbocycles. The molecule has 0 spiro atoms. The van der Waals surface area contributed by atoms with E-state index in [-0.39, 0.29) is 27.8 Å². The number of hydrogen-bond acceptors (Lipinski definition) is 8. The number of benzene rings is 2. The zero-order valence-electron chi connectivity index (χ0n) is 19.1. The molecule has 1 N–H and O–H groups in total. The van der Waals surface area contributed by atoms with Gasteiger partial charge in [-0.1, -0.05) is 23.5 Å². The molecule has 1 aliphatic rings. The Morgan fingerprint density at radius 1 is 1.14 bits per heavy atom. The Kier molecular flexibility index (Phi) is 6.65. The molecule has 1 amide bonds. The highest BCUT2D eigenvalue weighted by Gasteiger charge is 2.48. The van der Waals surface area contributed by atoms with Crippen molar-refractivity contribution < 1.29 is 33.4 Å². The Labute approximate surface area is 204 Å². The first kappa shape index (κ1) is 24.1. The summed E-state index contributed by atoms with van der Waals surface area (Å²) in [6.45, 7) is 3.44. The molecule has 1 saturated heterocycles. The van der Waals surface area contributed by atoms with Crippen molar-refractivity contribution in [1.82, 2.24) is 4.98 Å². The average Bonchev–Trinajstić information content (AvgIpc) is 3.36. The number of thiazole rings is 1. The molecule has 4 rings (SSSR count). The zero-order chi connectivity index (χ0) is 25.3. The number of aliphatic hydroxyl groups is 1. The summed E-state index contributed by atoms with van der Waals surface area (Å²) in [6.07, 6.45) is 0. The molecule has 2 aromatic carbocycles. The third-order valence-corrected chi connectivity index (χ3v) is 6.58. The van der Waals surface area contributed by atoms with Crippen molar-refractivity contribution in [3.8, 4) is 5.75 Å². The van der Waals surface area contributed by atoms with Gasteiger partial charge in [0.25, 0.3) is 5.78 Å². The van der Waals surface area contributed by atoms with E-state index in [0.717, 1.165) is 28.4 Å². The van der Waals surface area contributed by atoms with Gasteiger partial charge in [-0.3, -0.25) is 14.5 Å². The molecule has 1 fully saturated rings. The summed E-state index contributed by atoms with van der Waals surface area (Å²) < 4.78 is 23.7. The van der Waals surface area contributed by atoms with Crippen molar-refractivity contribution in [1.29, 1.82) is 0 Å². The molecule has 1 aromatic heterocycles. The maximum atomic E-state index is 13.4. The van der Waals surface area contributed by atoms with Crippen LogP contribution >= 0.6 is 11.3 Å². The third-order valence-electron chi connectivity index (χ3n) is 5.45. The smallest absolute Gasteiger partial charge is 0.350 e. The number of rotatable bonds is 6. The number of carbonyl (C=O) groups is 3. The predicted octanol–water partition coefficient (Wildman–Crippen LogP) is 4.40. The molecule has 180 valence electrons. The fraction of sp³-hybridized carbons (Fsp3) is 0.200. The molecular weight excluding hydrogens is 475 g/mol. The normalized spacial score (nSPS) is 17.0. The predicted molar refractivity (Wildman–Crippen MR) is 127 cm³/mol. The first-order chi connectivity index (χ1) is 16.8. The van der Waals surface area contributed by atoms with E-state index in [2.05, 4.69) is 4.98 Å². The number of anilines is 1. The van der Waals surface area contributed by atoms with E-state index in [1.165, 1.54) is 19.2 Å². The van der Waals surface area contributed by atoms with E-state index in [4.69, 9.17) is 9.47 Å². The summed E-state index contributed by atoms with van der Waals surface area (Å²) in [5.74, 6) is -2.85. The first-order valence-electron chi connectivity index (χ1n) is 10.6. The van der Waals surface area contributed by atoms with Crippen LogP contribution in [0.15, 0.2) is 54.1 Å². The number of methoxy groups -OCH3 is 1. The van der Waals surface area contributed by atoms with Gasteiger partial charge in [-0.15, -0.1) is 0 Å². The summed E-state index contributed by atoms with van der Waals surface area (Å²) >= 11 is 0.917. The molecule has 8 nitrogen and oxygen atoms in total. The maximum absolute atomic E-state index is 13.4. The van der Waals surface area contributed by atoms with E-state index in [9.17, 15) is 23.9 Å². The molecule has 0 aliphatic carbocycles. The van der Waals surface area contributed by atoms with Crippen LogP contribution in [0.5, 0.6) is 5.75 Å². The summed E-state index contributed by atoms with van der Waals surface area (Å²) in [5.41, 5.74) is 0.833. The molecule has 10 heteroatoms. The number of carbonyl (C=O) groups excluding carboxylic acids is 3. The van der Waals surface area contributed by atoms with Gasteiger partial charge in [0.15, 0.2) is 5.13 Å². The van der Waals surface area contributed by atoms with E-state index in [0.29, 0.717) is 17.0 Å². The van der Waals surface area contributed by atoms with Crippen LogP contribution in [0.3, 0.4) is 0 Å². The molecule has 0 bridgehead atoms. The number of hydrogen-bond donors (Lipinski definition) is 1. The highest BCUT2D eigenvalue weighted by molar-refractivity contribution is 7.17. The number of esters is 1. The van der Waals surface area contributed by atoms with Gasteiger partial charge in [-0.2, -0.15) is 0 Å². The summed E-state index contributed by atoms with van der Waals surface area (Å²) in [5, 5.41) is 11.2. The van der Waals surface area contributed by atoms with Crippen LogP contribution in [0.2, 0.25) is 0 Å². The van der Waals surface area contributed by atoms with Crippen molar-refractivity contribution in [2.24, 2.45) is 0 Å². The van der Waals surface area contributed by atoms with Crippen molar-refractivity contribution in [3.05, 3.63) is 81.6 Å². The lowest BCUT2D eigenvalue weighted by atomic mass is 9.95. The minimum atomic E-state index is -1.05. The van der Waals surface area contributed by atoms with Crippen molar-refractivity contribution in [3.63, 3.8) is 0 Å². The van der Waals surface area contributed by atoms with Gasteiger partial charge >= 0.3 is 11.9 Å². The molecule has 35 heavy (non-hydrogen) atoms. The van der Waals surface area contributed by atoms with Gasteiger partial charge in [0, 0.05) is 5.56 Å². The van der Waals surface area contributed by atoms with E-state index in [1.807, 2.05) is 0 Å². The molecule has 1 atom stereocenters. The number of aryl methyl sites for hydroxylation is 1. The summed E-state index contributed by atoms with van der Waals surface area (Å²) in [4.78, 5) is 44.5. The molecular formula is C25H21FN2O6S. The monoisotopic (exact) mass is 496 g/mol. The number of ketones is 1. The standard InChI is InChI=1S/C25H21FN2O6S/c1-4-34-24(32)22-13(2)27-25(35-22)28-19(14-7-11-17(33-3)12-8-14)18(21(30)23(28)31)20(29)15-5-9-16(26)10-6-15/h5-12,19,29H,4H2,1-3H3/b20-18+/t19-/m1/s1. The van der Waals surface area contributed by atoms with Gasteiger partial charge in [-0.25, -0.2) is 14.2 Å². The van der Waals surface area contributed by atoms with E-state index >= 15 is 0 Å². The van der Waals surface area contributed by atoms with Gasteiger partial charge in [-0.05, 0) is 55.8 Å². The second-order valence-corrected chi connectivity index (χ2v) is 8.56. The number of amides is 1. The van der Waals surface area contributed by atoms with E-state index in [1.54, 1.807) is 38.1 Å². The quantitative estimate of drug-likeness (QED) is 0.233. The Bertz CT molecular complexity index is 1330. The van der Waals surface area contributed by atoms with Crippen LogP contribution in [-0.2, 0) is 14.3 Å². The minimum Gasteiger partial charge on any atom is -0.507 e. The van der Waals surface area contributed by atoms with Gasteiger partial charge < -0.3 is 14.6 Å². The summed E-state index contributed by atoms with van der Waals surface area (Å²) in [6, 6.07) is 10.5. The van der Waals surface area contributed by atoms with Gasteiger partial charge in [0.05, 0.1) is 31.0 Å². The Balaban J connectivity index is 1.90. The lowest BCUT2D eigenvalue weighted by molar-refractivity contribution is -0.132. The fourth-order valence-corrected chi connectivity index (χ4v) is 4.75. The molecule has 0 unspecified atom stereocenters. The lowest BCUT2D eigenvalue weighted by Gasteiger charge is -2.23. The topological polar surface area (TPSA) is 106 Å².